The second kappa shape index (κ2) is 14.2. The van der Waals surface area contributed by atoms with Crippen molar-refractivity contribution in [1.29, 1.82) is 0 Å². The van der Waals surface area contributed by atoms with E-state index in [2.05, 4.69) is 10.00 Å². The van der Waals surface area contributed by atoms with Gasteiger partial charge < -0.3 is 14.2 Å². The van der Waals surface area contributed by atoms with Crippen LogP contribution in [0, 0.1) is 0 Å². The number of ether oxygens (including phenoxy) is 3. The molecular formula is C39H37N3O4S. The van der Waals surface area contributed by atoms with E-state index in [0.717, 1.165) is 68.5 Å². The Morgan fingerprint density at radius 1 is 0.872 bits per heavy atom. The molecule has 4 aromatic carbocycles. The third kappa shape index (κ3) is 7.09. The van der Waals surface area contributed by atoms with Crippen molar-refractivity contribution in [2.24, 2.45) is 0 Å². The summed E-state index contributed by atoms with van der Waals surface area (Å²) in [5.41, 5.74) is 4.45. The molecule has 2 aromatic heterocycles. The number of rotatable bonds is 13. The van der Waals surface area contributed by atoms with Crippen LogP contribution in [0.2, 0.25) is 0 Å². The van der Waals surface area contributed by atoms with E-state index in [-0.39, 0.29) is 5.78 Å². The van der Waals surface area contributed by atoms with Gasteiger partial charge in [-0.15, -0.1) is 11.3 Å². The van der Waals surface area contributed by atoms with Crippen molar-refractivity contribution < 1.29 is 19.0 Å². The maximum atomic E-state index is 14.4. The summed E-state index contributed by atoms with van der Waals surface area (Å²) >= 11 is 1.60. The molecule has 0 atom stereocenters. The van der Waals surface area contributed by atoms with Gasteiger partial charge in [0.25, 0.3) is 0 Å². The van der Waals surface area contributed by atoms with Crippen LogP contribution in [0.1, 0.15) is 39.9 Å². The van der Waals surface area contributed by atoms with Gasteiger partial charge >= 0.3 is 0 Å². The number of fused-ring (bicyclic) bond motifs is 1. The molecular weight excluding hydrogens is 607 g/mol. The minimum atomic E-state index is -0.0326. The number of likely N-dealkylation sites (tertiary alicyclic amines) is 1. The van der Waals surface area contributed by atoms with E-state index in [1.165, 1.54) is 12.8 Å². The van der Waals surface area contributed by atoms with Gasteiger partial charge in [-0.05, 0) is 91.7 Å². The Morgan fingerprint density at radius 3 is 2.45 bits per heavy atom. The average molecular weight is 644 g/mol. The molecule has 0 radical (unpaired) electrons. The first-order valence-corrected chi connectivity index (χ1v) is 16.8. The van der Waals surface area contributed by atoms with E-state index in [4.69, 9.17) is 14.2 Å². The lowest BCUT2D eigenvalue weighted by Gasteiger charge is -2.17. The highest BCUT2D eigenvalue weighted by molar-refractivity contribution is 7.22. The molecule has 1 aliphatic heterocycles. The summed E-state index contributed by atoms with van der Waals surface area (Å²) < 4.78 is 20.8. The van der Waals surface area contributed by atoms with E-state index < -0.39 is 0 Å². The highest BCUT2D eigenvalue weighted by Crippen LogP contribution is 2.42. The molecule has 8 heteroatoms. The average Bonchev–Trinajstić information content (AvgIpc) is 3.90. The standard InChI is InChI=1S/C39H37N3O4S/c1-44-35-24-30(10-11-31(35)26-41-19-5-6-20-41)38(43)37-34-17-16-33(46-27-28-8-3-2-4-9-28)25-36(34)47-39(37)29-12-14-32(15-13-29)45-23-22-42-21-7-18-40-42/h2-4,7-18,21,24-25H,5-6,19-20,22-23,26-27H2,1H3. The number of carbonyl (C=O) groups is 1. The molecule has 3 heterocycles. The van der Waals surface area contributed by atoms with Gasteiger partial charge in [-0.1, -0.05) is 42.5 Å². The molecule has 238 valence electrons. The number of carbonyl (C=O) groups excluding carboxylic acids is 1. The fraction of sp³-hybridized carbons (Fsp3) is 0.231. The number of aromatic nitrogens is 2. The van der Waals surface area contributed by atoms with E-state index in [0.29, 0.717) is 30.9 Å². The van der Waals surface area contributed by atoms with Crippen LogP contribution in [0.4, 0.5) is 0 Å². The van der Waals surface area contributed by atoms with Gasteiger partial charge in [0.15, 0.2) is 5.78 Å². The van der Waals surface area contributed by atoms with E-state index >= 15 is 0 Å². The molecule has 0 N–H and O–H groups in total. The second-order valence-electron chi connectivity index (χ2n) is 11.7. The third-order valence-electron chi connectivity index (χ3n) is 8.54. The van der Waals surface area contributed by atoms with Gasteiger partial charge in [-0.2, -0.15) is 5.10 Å². The second-order valence-corrected chi connectivity index (χ2v) is 12.8. The molecule has 0 spiro atoms. The van der Waals surface area contributed by atoms with E-state index in [1.807, 2.05) is 108 Å². The maximum absolute atomic E-state index is 14.4. The van der Waals surface area contributed by atoms with Crippen LogP contribution in [0.5, 0.6) is 17.2 Å². The van der Waals surface area contributed by atoms with Crippen molar-refractivity contribution in [3.05, 3.63) is 132 Å². The molecule has 0 amide bonds. The molecule has 0 saturated carbocycles. The minimum absolute atomic E-state index is 0.0326. The van der Waals surface area contributed by atoms with Gasteiger partial charge in [0.2, 0.25) is 0 Å². The smallest absolute Gasteiger partial charge is 0.195 e. The van der Waals surface area contributed by atoms with Crippen molar-refractivity contribution in [3.8, 4) is 27.7 Å². The van der Waals surface area contributed by atoms with Crippen LogP contribution in [0.3, 0.4) is 0 Å². The molecule has 1 saturated heterocycles. The number of benzene rings is 4. The molecule has 0 bridgehead atoms. The van der Waals surface area contributed by atoms with E-state index in [9.17, 15) is 4.79 Å². The molecule has 0 unspecified atom stereocenters. The molecule has 1 fully saturated rings. The maximum Gasteiger partial charge on any atom is 0.195 e. The summed E-state index contributed by atoms with van der Waals surface area (Å²) in [7, 11) is 1.68. The molecule has 1 aliphatic rings. The summed E-state index contributed by atoms with van der Waals surface area (Å²) in [5, 5.41) is 5.14. The quantitative estimate of drug-likeness (QED) is 0.118. The molecule has 7 nitrogen and oxygen atoms in total. The van der Waals surface area contributed by atoms with Gasteiger partial charge in [0.05, 0.1) is 13.7 Å². The van der Waals surface area contributed by atoms with Crippen LogP contribution >= 0.6 is 11.3 Å². The zero-order valence-electron chi connectivity index (χ0n) is 26.4. The lowest BCUT2D eigenvalue weighted by Crippen LogP contribution is -2.19. The van der Waals surface area contributed by atoms with Crippen molar-refractivity contribution in [2.45, 2.75) is 32.5 Å². The molecule has 0 aliphatic carbocycles. The summed E-state index contributed by atoms with van der Waals surface area (Å²) in [6.07, 6.45) is 6.13. The summed E-state index contributed by atoms with van der Waals surface area (Å²) in [6, 6.07) is 31.9. The number of nitrogens with zero attached hydrogens (tertiary/aromatic N) is 3. The predicted molar refractivity (Wildman–Crippen MR) is 187 cm³/mol. The molecule has 47 heavy (non-hydrogen) atoms. The Balaban J connectivity index is 1.20. The monoisotopic (exact) mass is 643 g/mol. The fourth-order valence-corrected chi connectivity index (χ4v) is 7.30. The predicted octanol–water partition coefficient (Wildman–Crippen LogP) is 8.26. The lowest BCUT2D eigenvalue weighted by molar-refractivity contribution is 0.104. The number of thiophene rings is 1. The zero-order chi connectivity index (χ0) is 32.0. The first-order chi connectivity index (χ1) is 23.1. The highest BCUT2D eigenvalue weighted by Gasteiger charge is 2.24. The molecule has 7 rings (SSSR count). The van der Waals surface area contributed by atoms with Crippen LogP contribution in [-0.4, -0.2) is 47.3 Å². The first-order valence-electron chi connectivity index (χ1n) is 16.0. The fourth-order valence-electron chi connectivity index (χ4n) is 6.07. The Labute approximate surface area is 278 Å². The van der Waals surface area contributed by atoms with Crippen molar-refractivity contribution in [1.82, 2.24) is 14.7 Å². The summed E-state index contributed by atoms with van der Waals surface area (Å²) in [6.45, 7) is 4.67. The lowest BCUT2D eigenvalue weighted by atomic mass is 9.96. The Hall–Kier alpha value is -4.92. The SMILES string of the molecule is COc1cc(C(=O)c2c(-c3ccc(OCCn4cccn4)cc3)sc3cc(OCc4ccccc4)ccc23)ccc1CN1CCCC1. The van der Waals surface area contributed by atoms with Gasteiger partial charge in [0.1, 0.15) is 30.5 Å². The van der Waals surface area contributed by atoms with Crippen LogP contribution in [0.25, 0.3) is 20.5 Å². The topological polar surface area (TPSA) is 65.8 Å². The Bertz CT molecular complexity index is 1950. The van der Waals surface area contributed by atoms with Crippen LogP contribution in [-0.2, 0) is 19.7 Å². The Morgan fingerprint density at radius 2 is 1.68 bits per heavy atom. The normalized spacial score (nSPS) is 13.2. The first kappa shape index (κ1) is 30.7. The number of methoxy groups -OCH3 is 1. The minimum Gasteiger partial charge on any atom is -0.496 e. The summed E-state index contributed by atoms with van der Waals surface area (Å²) in [5.74, 6) is 2.25. The van der Waals surface area contributed by atoms with Gasteiger partial charge in [0, 0.05) is 50.6 Å². The third-order valence-corrected chi connectivity index (χ3v) is 9.75. The van der Waals surface area contributed by atoms with Crippen molar-refractivity contribution in [2.75, 3.05) is 26.8 Å². The van der Waals surface area contributed by atoms with Crippen molar-refractivity contribution >= 4 is 27.2 Å². The zero-order valence-corrected chi connectivity index (χ0v) is 27.2. The van der Waals surface area contributed by atoms with Crippen molar-refractivity contribution in [3.63, 3.8) is 0 Å². The van der Waals surface area contributed by atoms with Crippen LogP contribution in [0.15, 0.2) is 109 Å². The van der Waals surface area contributed by atoms with Gasteiger partial charge in [-0.25, -0.2) is 0 Å². The van der Waals surface area contributed by atoms with Gasteiger partial charge in [-0.3, -0.25) is 14.4 Å². The van der Waals surface area contributed by atoms with Crippen LogP contribution < -0.4 is 14.2 Å². The largest absolute Gasteiger partial charge is 0.496 e. The number of hydrogen-bond donors (Lipinski definition) is 0. The highest BCUT2D eigenvalue weighted by atomic mass is 32.1. The number of ketones is 1. The van der Waals surface area contributed by atoms with E-state index in [1.54, 1.807) is 24.6 Å². The molecule has 6 aromatic rings. The number of hydrogen-bond acceptors (Lipinski definition) is 7. The Kier molecular flexibility index (Phi) is 9.31. The summed E-state index contributed by atoms with van der Waals surface area (Å²) in [4.78, 5) is 17.8.